The van der Waals surface area contributed by atoms with Gasteiger partial charge in [-0.05, 0) is 29.3 Å². The first-order valence-corrected chi connectivity index (χ1v) is 7.77. The van der Waals surface area contributed by atoms with Crippen molar-refractivity contribution in [3.63, 3.8) is 0 Å². The molecule has 2 aromatic rings. The summed E-state index contributed by atoms with van der Waals surface area (Å²) in [4.78, 5) is 8.66. The maximum atomic E-state index is 5.99. The monoisotopic (exact) mass is 291 g/mol. The first-order valence-electron chi connectivity index (χ1n) is 6.24. The number of halogens is 1. The fourth-order valence-electron chi connectivity index (χ4n) is 2.13. The van der Waals surface area contributed by atoms with Gasteiger partial charge in [-0.15, -0.1) is 0 Å². The van der Waals surface area contributed by atoms with Gasteiger partial charge in [0.1, 0.15) is 5.82 Å². The number of rotatable bonds is 3. The molecule has 0 unspecified atom stereocenters. The predicted molar refractivity (Wildman–Crippen MR) is 80.7 cm³/mol. The lowest BCUT2D eigenvalue weighted by atomic mass is 10.1. The maximum absolute atomic E-state index is 5.99. The molecule has 3 rings (SSSR count). The van der Waals surface area contributed by atoms with Gasteiger partial charge in [-0.1, -0.05) is 30.3 Å². The summed E-state index contributed by atoms with van der Waals surface area (Å²) < 4.78 is 0. The molecule has 0 saturated carbocycles. The van der Waals surface area contributed by atoms with E-state index in [1.165, 1.54) is 11.1 Å². The third-order valence-corrected chi connectivity index (χ3v) is 4.25. The summed E-state index contributed by atoms with van der Waals surface area (Å²) in [5.74, 6) is 2.95. The number of aromatic nitrogens is 2. The van der Waals surface area contributed by atoms with Crippen LogP contribution in [0.25, 0.3) is 0 Å². The highest BCUT2D eigenvalue weighted by Crippen LogP contribution is 2.29. The summed E-state index contributed by atoms with van der Waals surface area (Å²) in [6, 6.07) is 10.3. The molecule has 5 heteroatoms. The Balaban J connectivity index is 1.82. The van der Waals surface area contributed by atoms with Gasteiger partial charge in [-0.2, -0.15) is 11.8 Å². The number of hydrogen-bond donors (Lipinski definition) is 1. The van der Waals surface area contributed by atoms with Gasteiger partial charge in [0.2, 0.25) is 5.28 Å². The van der Waals surface area contributed by atoms with Gasteiger partial charge in [-0.25, -0.2) is 9.97 Å². The molecule has 0 fully saturated rings. The van der Waals surface area contributed by atoms with Gasteiger partial charge in [-0.3, -0.25) is 0 Å². The molecule has 0 saturated heterocycles. The second-order valence-corrected chi connectivity index (χ2v) is 5.85. The molecule has 1 aromatic carbocycles. The molecule has 19 heavy (non-hydrogen) atoms. The Labute approximate surface area is 121 Å². The van der Waals surface area contributed by atoms with E-state index in [0.29, 0.717) is 5.28 Å². The van der Waals surface area contributed by atoms with Gasteiger partial charge in [0, 0.05) is 17.9 Å². The van der Waals surface area contributed by atoms with Crippen molar-refractivity contribution in [1.82, 2.24) is 9.97 Å². The molecule has 0 spiro atoms. The summed E-state index contributed by atoms with van der Waals surface area (Å²) in [6.45, 7) is 0.755. The highest BCUT2D eigenvalue weighted by Gasteiger charge is 2.17. The maximum Gasteiger partial charge on any atom is 0.224 e. The lowest BCUT2D eigenvalue weighted by Gasteiger charge is -2.18. The molecule has 0 atom stereocenters. The molecule has 0 radical (unpaired) electrons. The topological polar surface area (TPSA) is 37.8 Å². The second kappa shape index (κ2) is 5.80. The number of nitrogens with one attached hydrogen (secondary N) is 1. The van der Waals surface area contributed by atoms with Crippen LogP contribution < -0.4 is 5.32 Å². The Morgan fingerprint density at radius 2 is 2.05 bits per heavy atom. The van der Waals surface area contributed by atoms with Crippen molar-refractivity contribution in [2.75, 3.05) is 11.1 Å². The Kier molecular flexibility index (Phi) is 3.89. The summed E-state index contributed by atoms with van der Waals surface area (Å²) >= 11 is 7.91. The fraction of sp³-hybridized carbons (Fsp3) is 0.286. The standard InChI is InChI=1S/C14H14ClN3S/c15-14-17-12-6-7-19-9-11(12)13(18-14)16-8-10-4-2-1-3-5-10/h1-5H,6-9H2,(H,16,17,18). The van der Waals surface area contributed by atoms with Gasteiger partial charge >= 0.3 is 0 Å². The summed E-state index contributed by atoms with van der Waals surface area (Å²) in [5.41, 5.74) is 3.53. The number of benzene rings is 1. The molecule has 98 valence electrons. The molecule has 1 aromatic heterocycles. The van der Waals surface area contributed by atoms with Gasteiger partial charge < -0.3 is 5.32 Å². The molecular formula is C14H14ClN3S. The zero-order valence-electron chi connectivity index (χ0n) is 10.4. The average Bonchev–Trinajstić information content (AvgIpc) is 2.45. The molecule has 0 amide bonds. The fourth-order valence-corrected chi connectivity index (χ4v) is 3.31. The third-order valence-electron chi connectivity index (χ3n) is 3.10. The number of anilines is 1. The normalized spacial score (nSPS) is 13.9. The van der Waals surface area contributed by atoms with Crippen LogP contribution in [0.3, 0.4) is 0 Å². The minimum absolute atomic E-state index is 0.334. The molecule has 2 heterocycles. The number of nitrogens with zero attached hydrogens (tertiary/aromatic N) is 2. The van der Waals surface area contributed by atoms with Crippen LogP contribution in [0.2, 0.25) is 5.28 Å². The molecule has 1 aliphatic heterocycles. The van der Waals surface area contributed by atoms with E-state index in [1.807, 2.05) is 30.0 Å². The lowest BCUT2D eigenvalue weighted by molar-refractivity contribution is 0.945. The van der Waals surface area contributed by atoms with Crippen molar-refractivity contribution in [3.05, 3.63) is 52.4 Å². The van der Waals surface area contributed by atoms with E-state index >= 15 is 0 Å². The quantitative estimate of drug-likeness (QED) is 0.878. The van der Waals surface area contributed by atoms with E-state index in [4.69, 9.17) is 11.6 Å². The zero-order chi connectivity index (χ0) is 13.1. The van der Waals surface area contributed by atoms with Crippen LogP contribution >= 0.6 is 23.4 Å². The first kappa shape index (κ1) is 12.8. The van der Waals surface area contributed by atoms with Crippen molar-refractivity contribution in [2.24, 2.45) is 0 Å². The zero-order valence-corrected chi connectivity index (χ0v) is 12.0. The molecule has 1 aliphatic rings. The van der Waals surface area contributed by atoms with Crippen molar-refractivity contribution in [3.8, 4) is 0 Å². The number of aryl methyl sites for hydroxylation is 1. The van der Waals surface area contributed by atoms with E-state index < -0.39 is 0 Å². The van der Waals surface area contributed by atoms with Crippen molar-refractivity contribution in [2.45, 2.75) is 18.7 Å². The van der Waals surface area contributed by atoms with Gasteiger partial charge in [0.25, 0.3) is 0 Å². The van der Waals surface area contributed by atoms with Gasteiger partial charge in [0.15, 0.2) is 0 Å². The predicted octanol–water partition coefficient (Wildman–Crippen LogP) is 3.53. The number of thioether (sulfide) groups is 1. The third kappa shape index (κ3) is 3.01. The lowest BCUT2D eigenvalue weighted by Crippen LogP contribution is -2.12. The Morgan fingerprint density at radius 3 is 2.89 bits per heavy atom. The van der Waals surface area contributed by atoms with Crippen LogP contribution in [0.5, 0.6) is 0 Å². The second-order valence-electron chi connectivity index (χ2n) is 4.41. The largest absolute Gasteiger partial charge is 0.366 e. The van der Waals surface area contributed by atoms with E-state index in [1.54, 1.807) is 0 Å². The van der Waals surface area contributed by atoms with Crippen molar-refractivity contribution < 1.29 is 0 Å². The van der Waals surface area contributed by atoms with Crippen LogP contribution in [-0.2, 0) is 18.7 Å². The van der Waals surface area contributed by atoms with Crippen LogP contribution in [0.4, 0.5) is 5.82 Å². The summed E-state index contributed by atoms with van der Waals surface area (Å²) in [6.07, 6.45) is 0.974. The molecule has 3 nitrogen and oxygen atoms in total. The Morgan fingerprint density at radius 1 is 1.21 bits per heavy atom. The minimum Gasteiger partial charge on any atom is -0.366 e. The summed E-state index contributed by atoms with van der Waals surface area (Å²) in [7, 11) is 0. The average molecular weight is 292 g/mol. The van der Waals surface area contributed by atoms with Crippen LogP contribution in [0.1, 0.15) is 16.8 Å². The Hall–Kier alpha value is -1.26. The van der Waals surface area contributed by atoms with Crippen LogP contribution in [0, 0.1) is 0 Å². The molecule has 0 aliphatic carbocycles. The van der Waals surface area contributed by atoms with Gasteiger partial charge in [0.05, 0.1) is 5.69 Å². The first-order chi connectivity index (χ1) is 9.33. The highest BCUT2D eigenvalue weighted by atomic mass is 35.5. The molecule has 0 bridgehead atoms. The number of hydrogen-bond acceptors (Lipinski definition) is 4. The van der Waals surface area contributed by atoms with Crippen molar-refractivity contribution >= 4 is 29.2 Å². The van der Waals surface area contributed by atoms with E-state index in [2.05, 4.69) is 27.4 Å². The molecular weight excluding hydrogens is 278 g/mol. The van der Waals surface area contributed by atoms with E-state index in [9.17, 15) is 0 Å². The SMILES string of the molecule is Clc1nc2c(c(NCc3ccccc3)n1)CSCC2. The van der Waals surface area contributed by atoms with Crippen LogP contribution in [-0.4, -0.2) is 15.7 Å². The van der Waals surface area contributed by atoms with Crippen molar-refractivity contribution in [1.29, 1.82) is 0 Å². The van der Waals surface area contributed by atoms with Crippen LogP contribution in [0.15, 0.2) is 30.3 Å². The van der Waals surface area contributed by atoms with E-state index in [-0.39, 0.29) is 0 Å². The Bertz CT molecular complexity index is 574. The minimum atomic E-state index is 0.334. The summed E-state index contributed by atoms with van der Waals surface area (Å²) in [5, 5.41) is 3.72. The smallest absolute Gasteiger partial charge is 0.224 e. The highest BCUT2D eigenvalue weighted by molar-refractivity contribution is 7.98. The number of fused-ring (bicyclic) bond motifs is 1. The van der Waals surface area contributed by atoms with E-state index in [0.717, 1.165) is 36.0 Å². The molecule has 1 N–H and O–H groups in total.